The zero-order valence-corrected chi connectivity index (χ0v) is 9.82. The smallest absolute Gasteiger partial charge is 0.311 e. The average molecular weight is 223 g/mol. The Morgan fingerprint density at radius 3 is 2.69 bits per heavy atom. The van der Waals surface area contributed by atoms with Gasteiger partial charge in [0, 0.05) is 19.6 Å². The van der Waals surface area contributed by atoms with Gasteiger partial charge in [-0.25, -0.2) is 0 Å². The number of carbonyl (C=O) groups is 1. The number of nitrogens with zero attached hydrogens (tertiary/aromatic N) is 1. The van der Waals surface area contributed by atoms with Crippen LogP contribution < -0.4 is 0 Å². The first-order valence-corrected chi connectivity index (χ1v) is 6.66. The number of aliphatic carboxylic acids is 1. The molecule has 0 amide bonds. The van der Waals surface area contributed by atoms with Gasteiger partial charge in [-0.15, -0.1) is 0 Å². The summed E-state index contributed by atoms with van der Waals surface area (Å²) >= 11 is 0. The Morgan fingerprint density at radius 1 is 1.31 bits per heavy atom. The second-order valence-corrected chi connectivity index (χ2v) is 6.04. The van der Waals surface area contributed by atoms with E-state index in [1.807, 2.05) is 0 Å². The molecule has 16 heavy (non-hydrogen) atoms. The van der Waals surface area contributed by atoms with Crippen molar-refractivity contribution in [2.75, 3.05) is 19.6 Å². The van der Waals surface area contributed by atoms with Crippen molar-refractivity contribution in [2.45, 2.75) is 38.5 Å². The summed E-state index contributed by atoms with van der Waals surface area (Å²) in [5.41, 5.74) is -0.371. The van der Waals surface area contributed by atoms with Gasteiger partial charge in [-0.2, -0.15) is 0 Å². The van der Waals surface area contributed by atoms with Crippen LogP contribution in [0.15, 0.2) is 0 Å². The fourth-order valence-electron chi connectivity index (χ4n) is 3.92. The molecule has 3 nitrogen and oxygen atoms in total. The summed E-state index contributed by atoms with van der Waals surface area (Å²) in [6.07, 6.45) is 7.27. The lowest BCUT2D eigenvalue weighted by atomic mass is 9.81. The Hall–Kier alpha value is -0.570. The molecule has 3 rings (SSSR count). The summed E-state index contributed by atoms with van der Waals surface area (Å²) < 4.78 is 0. The third kappa shape index (κ3) is 1.48. The molecule has 0 spiro atoms. The first kappa shape index (κ1) is 10.6. The number of likely N-dealkylation sites (tertiary alicyclic amines) is 1. The third-order valence-corrected chi connectivity index (χ3v) is 5.11. The van der Waals surface area contributed by atoms with Crippen molar-refractivity contribution < 1.29 is 9.90 Å². The van der Waals surface area contributed by atoms with Crippen LogP contribution in [0, 0.1) is 17.3 Å². The zero-order valence-electron chi connectivity index (χ0n) is 9.82. The van der Waals surface area contributed by atoms with Crippen LogP contribution in [0.25, 0.3) is 0 Å². The van der Waals surface area contributed by atoms with Gasteiger partial charge in [-0.3, -0.25) is 4.79 Å². The van der Waals surface area contributed by atoms with Crippen LogP contribution in [-0.4, -0.2) is 35.6 Å². The molecule has 90 valence electrons. The van der Waals surface area contributed by atoms with E-state index in [-0.39, 0.29) is 5.41 Å². The average Bonchev–Trinajstić information content (AvgIpc) is 2.67. The van der Waals surface area contributed by atoms with Crippen molar-refractivity contribution in [3.05, 3.63) is 0 Å². The molecule has 3 fully saturated rings. The SMILES string of the molecule is O=C(O)[C@@]12CCC[C@H]1CN(CC1CCC1)C2. The predicted octanol–water partition coefficient (Wildman–Crippen LogP) is 1.97. The first-order chi connectivity index (χ1) is 7.71. The number of carboxylic acids is 1. The Labute approximate surface area is 96.8 Å². The van der Waals surface area contributed by atoms with Crippen LogP contribution in [-0.2, 0) is 4.79 Å². The van der Waals surface area contributed by atoms with Gasteiger partial charge in [0.25, 0.3) is 0 Å². The molecule has 1 heterocycles. The highest BCUT2D eigenvalue weighted by Crippen LogP contribution is 2.49. The summed E-state index contributed by atoms with van der Waals surface area (Å²) in [5, 5.41) is 9.47. The molecule has 2 aliphatic carbocycles. The zero-order chi connectivity index (χ0) is 11.2. The van der Waals surface area contributed by atoms with E-state index in [9.17, 15) is 9.90 Å². The summed E-state index contributed by atoms with van der Waals surface area (Å²) in [6, 6.07) is 0. The van der Waals surface area contributed by atoms with Gasteiger partial charge in [0.1, 0.15) is 0 Å². The maximum Gasteiger partial charge on any atom is 0.311 e. The second kappa shape index (κ2) is 3.73. The lowest BCUT2D eigenvalue weighted by Crippen LogP contribution is -2.37. The van der Waals surface area contributed by atoms with Crippen LogP contribution >= 0.6 is 0 Å². The molecule has 1 N–H and O–H groups in total. The lowest BCUT2D eigenvalue weighted by Gasteiger charge is -2.31. The number of carboxylic acid groups (broad SMARTS) is 1. The van der Waals surface area contributed by atoms with Crippen LogP contribution in [0.2, 0.25) is 0 Å². The summed E-state index contributed by atoms with van der Waals surface area (Å²) in [5.74, 6) is 0.765. The Kier molecular flexibility index (Phi) is 2.46. The minimum absolute atomic E-state index is 0.371. The van der Waals surface area contributed by atoms with Crippen LogP contribution in [0.5, 0.6) is 0 Å². The van der Waals surface area contributed by atoms with Crippen LogP contribution in [0.4, 0.5) is 0 Å². The number of hydrogen-bond acceptors (Lipinski definition) is 2. The van der Waals surface area contributed by atoms with Gasteiger partial charge in [0.15, 0.2) is 0 Å². The second-order valence-electron chi connectivity index (χ2n) is 6.04. The molecule has 0 aromatic rings. The summed E-state index contributed by atoms with van der Waals surface area (Å²) in [6.45, 7) is 3.03. The fourth-order valence-corrected chi connectivity index (χ4v) is 3.92. The first-order valence-electron chi connectivity index (χ1n) is 6.66. The van der Waals surface area contributed by atoms with Gasteiger partial charge in [0.2, 0.25) is 0 Å². The molecular formula is C13H21NO2. The number of rotatable bonds is 3. The van der Waals surface area contributed by atoms with Gasteiger partial charge >= 0.3 is 5.97 Å². The van der Waals surface area contributed by atoms with E-state index < -0.39 is 5.97 Å². The molecule has 2 saturated carbocycles. The minimum atomic E-state index is -0.536. The van der Waals surface area contributed by atoms with Crippen molar-refractivity contribution >= 4 is 5.97 Å². The van der Waals surface area contributed by atoms with Gasteiger partial charge < -0.3 is 10.0 Å². The van der Waals surface area contributed by atoms with E-state index in [1.165, 1.54) is 19.3 Å². The van der Waals surface area contributed by atoms with Gasteiger partial charge in [-0.1, -0.05) is 12.8 Å². The highest BCUT2D eigenvalue weighted by molar-refractivity contribution is 5.76. The maximum absolute atomic E-state index is 11.5. The monoisotopic (exact) mass is 223 g/mol. The highest BCUT2D eigenvalue weighted by Gasteiger charge is 2.54. The van der Waals surface area contributed by atoms with Crippen LogP contribution in [0.1, 0.15) is 38.5 Å². The van der Waals surface area contributed by atoms with E-state index >= 15 is 0 Å². The topological polar surface area (TPSA) is 40.5 Å². The van der Waals surface area contributed by atoms with E-state index in [4.69, 9.17) is 0 Å². The molecule has 1 saturated heterocycles. The normalized spacial score (nSPS) is 39.6. The molecule has 0 aromatic heterocycles. The van der Waals surface area contributed by atoms with Gasteiger partial charge in [-0.05, 0) is 37.5 Å². The quantitative estimate of drug-likeness (QED) is 0.795. The summed E-state index contributed by atoms with van der Waals surface area (Å²) in [4.78, 5) is 13.9. The number of hydrogen-bond donors (Lipinski definition) is 1. The highest BCUT2D eigenvalue weighted by atomic mass is 16.4. The van der Waals surface area contributed by atoms with E-state index in [1.54, 1.807) is 0 Å². The fraction of sp³-hybridized carbons (Fsp3) is 0.923. The predicted molar refractivity (Wildman–Crippen MR) is 61.2 cm³/mol. The Balaban J connectivity index is 1.67. The third-order valence-electron chi connectivity index (χ3n) is 5.11. The molecule has 3 heteroatoms. The van der Waals surface area contributed by atoms with Crippen molar-refractivity contribution in [3.63, 3.8) is 0 Å². The maximum atomic E-state index is 11.5. The molecule has 0 aromatic carbocycles. The Bertz CT molecular complexity index is 300. The molecule has 3 aliphatic rings. The molecule has 0 bridgehead atoms. The van der Waals surface area contributed by atoms with Crippen molar-refractivity contribution in [1.82, 2.24) is 4.90 Å². The number of fused-ring (bicyclic) bond motifs is 1. The van der Waals surface area contributed by atoms with Crippen LogP contribution in [0.3, 0.4) is 0 Å². The largest absolute Gasteiger partial charge is 0.481 e. The minimum Gasteiger partial charge on any atom is -0.481 e. The van der Waals surface area contributed by atoms with E-state index in [2.05, 4.69) is 4.90 Å². The molecule has 2 atom stereocenters. The molecular weight excluding hydrogens is 202 g/mol. The standard InChI is InChI=1S/C13H21NO2/c15-12(16)13-6-2-5-11(13)8-14(9-13)7-10-3-1-4-10/h10-11H,1-9H2,(H,15,16)/t11-,13+/m0/s1. The van der Waals surface area contributed by atoms with Crippen molar-refractivity contribution in [1.29, 1.82) is 0 Å². The summed E-state index contributed by atoms with van der Waals surface area (Å²) in [7, 11) is 0. The van der Waals surface area contributed by atoms with Crippen molar-refractivity contribution in [2.24, 2.45) is 17.3 Å². The van der Waals surface area contributed by atoms with Gasteiger partial charge in [0.05, 0.1) is 5.41 Å². The molecule has 0 radical (unpaired) electrons. The molecule has 1 aliphatic heterocycles. The van der Waals surface area contributed by atoms with E-state index in [0.717, 1.165) is 44.8 Å². The van der Waals surface area contributed by atoms with Crippen molar-refractivity contribution in [3.8, 4) is 0 Å². The Morgan fingerprint density at radius 2 is 2.12 bits per heavy atom. The molecule has 0 unspecified atom stereocenters. The van der Waals surface area contributed by atoms with E-state index in [0.29, 0.717) is 5.92 Å². The lowest BCUT2D eigenvalue weighted by molar-refractivity contribution is -0.149.